The van der Waals surface area contributed by atoms with Crippen molar-refractivity contribution in [2.45, 2.75) is 19.3 Å². The predicted molar refractivity (Wildman–Crippen MR) is 101 cm³/mol. The van der Waals surface area contributed by atoms with Crippen molar-refractivity contribution < 1.29 is 19.1 Å². The number of rotatable bonds is 5. The number of carbonyl (C=O) groups is 2. The van der Waals surface area contributed by atoms with E-state index in [0.29, 0.717) is 17.0 Å². The molecule has 2 aromatic carbocycles. The van der Waals surface area contributed by atoms with E-state index in [1.807, 2.05) is 12.1 Å². The lowest BCUT2D eigenvalue weighted by Gasteiger charge is -2.11. The summed E-state index contributed by atoms with van der Waals surface area (Å²) < 4.78 is 10.3. The van der Waals surface area contributed by atoms with Gasteiger partial charge in [0.15, 0.2) is 12.4 Å². The highest BCUT2D eigenvalue weighted by molar-refractivity contribution is 6.45. The summed E-state index contributed by atoms with van der Waals surface area (Å²) in [5, 5.41) is 0.858. The van der Waals surface area contributed by atoms with E-state index in [2.05, 4.69) is 0 Å². The second-order valence-electron chi connectivity index (χ2n) is 5.80. The molecule has 1 aliphatic carbocycles. The molecule has 1 atom stereocenters. The number of halogens is 3. The molecular formula is C19H15Cl3O4. The lowest BCUT2D eigenvalue weighted by molar-refractivity contribution is -0.145. The maximum absolute atomic E-state index is 12.8. The average molecular weight is 414 g/mol. The minimum absolute atomic E-state index is 0.0915. The summed E-state index contributed by atoms with van der Waals surface area (Å²) in [6.07, 6.45) is 0.475. The zero-order chi connectivity index (χ0) is 18.8. The summed E-state index contributed by atoms with van der Waals surface area (Å²) in [6, 6.07) is 8.80. The van der Waals surface area contributed by atoms with Crippen molar-refractivity contribution in [2.24, 2.45) is 0 Å². The van der Waals surface area contributed by atoms with Gasteiger partial charge in [0.1, 0.15) is 10.8 Å². The van der Waals surface area contributed by atoms with E-state index in [1.165, 1.54) is 0 Å². The molecule has 0 saturated carbocycles. The Morgan fingerprint density at radius 1 is 1.15 bits per heavy atom. The Kier molecular flexibility index (Phi) is 5.76. The topological polar surface area (TPSA) is 52.6 Å². The minimum Gasteiger partial charge on any atom is -0.480 e. The Labute approximate surface area is 165 Å². The summed E-state index contributed by atoms with van der Waals surface area (Å²) in [6.45, 7) is 1.69. The summed E-state index contributed by atoms with van der Waals surface area (Å²) in [5.74, 6) is -0.689. The van der Waals surface area contributed by atoms with Crippen molar-refractivity contribution in [1.82, 2.24) is 0 Å². The van der Waals surface area contributed by atoms with Crippen LogP contribution in [-0.4, -0.2) is 25.0 Å². The Morgan fingerprint density at radius 3 is 2.50 bits per heavy atom. The molecule has 7 heteroatoms. The smallest absolute Gasteiger partial charge is 0.344 e. The van der Waals surface area contributed by atoms with Gasteiger partial charge in [-0.2, -0.15) is 0 Å². The molecule has 1 aliphatic rings. The molecule has 1 unspecified atom stereocenters. The third-order valence-corrected chi connectivity index (χ3v) is 5.27. The zero-order valence-corrected chi connectivity index (χ0v) is 16.1. The van der Waals surface area contributed by atoms with Gasteiger partial charge in [0.25, 0.3) is 0 Å². The first-order chi connectivity index (χ1) is 12.4. The third kappa shape index (κ3) is 3.68. The predicted octanol–water partition coefficient (Wildman–Crippen LogP) is 5.11. The van der Waals surface area contributed by atoms with E-state index in [-0.39, 0.29) is 40.7 Å². The van der Waals surface area contributed by atoms with Gasteiger partial charge in [-0.25, -0.2) is 4.79 Å². The Balaban J connectivity index is 1.88. The second kappa shape index (κ2) is 7.87. The van der Waals surface area contributed by atoms with Gasteiger partial charge in [-0.05, 0) is 42.7 Å². The Morgan fingerprint density at radius 2 is 1.85 bits per heavy atom. The largest absolute Gasteiger partial charge is 0.480 e. The number of ketones is 1. The van der Waals surface area contributed by atoms with E-state index in [1.54, 1.807) is 25.1 Å². The summed E-state index contributed by atoms with van der Waals surface area (Å²) in [4.78, 5) is 24.3. The first-order valence-electron chi connectivity index (χ1n) is 8.01. The van der Waals surface area contributed by atoms with E-state index in [4.69, 9.17) is 44.3 Å². The number of fused-ring (bicyclic) bond motifs is 1. The van der Waals surface area contributed by atoms with E-state index in [9.17, 15) is 9.59 Å². The standard InChI is InChI=1S/C19H15Cl3O4/c1-2-25-15(23)9-26-14-8-11-7-13(10-3-5-12(20)6-4-10)19(24)16(11)18(22)17(14)21/h3-6,8,13H,2,7,9H2,1H3. The van der Waals surface area contributed by atoms with Gasteiger partial charge < -0.3 is 9.47 Å². The first-order valence-corrected chi connectivity index (χ1v) is 9.14. The molecule has 0 fully saturated rings. The van der Waals surface area contributed by atoms with Crippen LogP contribution >= 0.6 is 34.8 Å². The van der Waals surface area contributed by atoms with E-state index >= 15 is 0 Å². The van der Waals surface area contributed by atoms with Crippen LogP contribution in [0.3, 0.4) is 0 Å². The highest BCUT2D eigenvalue weighted by Crippen LogP contribution is 2.44. The van der Waals surface area contributed by atoms with Crippen molar-refractivity contribution in [3.63, 3.8) is 0 Å². The zero-order valence-electron chi connectivity index (χ0n) is 13.9. The normalized spacial score (nSPS) is 15.7. The van der Waals surface area contributed by atoms with Crippen molar-refractivity contribution in [3.8, 4) is 5.75 Å². The van der Waals surface area contributed by atoms with Crippen LogP contribution in [0.5, 0.6) is 5.75 Å². The molecule has 26 heavy (non-hydrogen) atoms. The SMILES string of the molecule is CCOC(=O)COc1cc2c(c(Cl)c1Cl)C(=O)C(c1ccc(Cl)cc1)C2. The number of hydrogen-bond acceptors (Lipinski definition) is 4. The minimum atomic E-state index is -0.504. The molecule has 0 saturated heterocycles. The van der Waals surface area contributed by atoms with Crippen molar-refractivity contribution in [1.29, 1.82) is 0 Å². The highest BCUT2D eigenvalue weighted by Gasteiger charge is 2.35. The van der Waals surface area contributed by atoms with Gasteiger partial charge in [0.05, 0.1) is 17.5 Å². The van der Waals surface area contributed by atoms with Gasteiger partial charge in [0, 0.05) is 10.6 Å². The maximum Gasteiger partial charge on any atom is 0.344 e. The molecule has 4 nitrogen and oxygen atoms in total. The van der Waals surface area contributed by atoms with Crippen LogP contribution in [0, 0.1) is 0 Å². The molecule has 0 aromatic heterocycles. The molecular weight excluding hydrogens is 399 g/mol. The van der Waals surface area contributed by atoms with Gasteiger partial charge in [-0.3, -0.25) is 4.79 Å². The van der Waals surface area contributed by atoms with Crippen LogP contribution in [0.4, 0.5) is 0 Å². The number of hydrogen-bond donors (Lipinski definition) is 0. The molecule has 0 amide bonds. The fourth-order valence-electron chi connectivity index (χ4n) is 2.98. The number of benzene rings is 2. The molecule has 0 N–H and O–H groups in total. The molecule has 136 valence electrons. The third-order valence-electron chi connectivity index (χ3n) is 4.17. The molecule has 0 radical (unpaired) electrons. The van der Waals surface area contributed by atoms with Gasteiger partial charge in [-0.1, -0.05) is 46.9 Å². The van der Waals surface area contributed by atoms with Crippen molar-refractivity contribution >= 4 is 46.6 Å². The summed E-state index contributed by atoms with van der Waals surface area (Å²) in [5.41, 5.74) is 2.00. The van der Waals surface area contributed by atoms with Gasteiger partial charge >= 0.3 is 5.97 Å². The number of Topliss-reactive ketones (excluding diaryl/α,β-unsaturated/α-hetero) is 1. The number of esters is 1. The van der Waals surface area contributed by atoms with Crippen molar-refractivity contribution in [3.05, 3.63) is 62.1 Å². The van der Waals surface area contributed by atoms with Crippen LogP contribution in [0.15, 0.2) is 30.3 Å². The Hall–Kier alpha value is -1.75. The van der Waals surface area contributed by atoms with Crippen LogP contribution in [0.1, 0.15) is 34.3 Å². The van der Waals surface area contributed by atoms with Gasteiger partial charge in [0.2, 0.25) is 0 Å². The maximum atomic E-state index is 12.8. The first kappa shape index (κ1) is 19.0. The van der Waals surface area contributed by atoms with E-state index in [0.717, 1.165) is 11.1 Å². The summed E-state index contributed by atoms with van der Waals surface area (Å²) in [7, 11) is 0. The van der Waals surface area contributed by atoms with Crippen LogP contribution in [0.2, 0.25) is 15.1 Å². The fourth-order valence-corrected chi connectivity index (χ4v) is 3.61. The molecule has 0 heterocycles. The number of ether oxygens (including phenoxy) is 2. The Bertz CT molecular complexity index is 862. The molecule has 0 spiro atoms. The van der Waals surface area contributed by atoms with Crippen LogP contribution < -0.4 is 4.74 Å². The molecule has 2 aromatic rings. The lowest BCUT2D eigenvalue weighted by atomic mass is 9.95. The highest BCUT2D eigenvalue weighted by atomic mass is 35.5. The van der Waals surface area contributed by atoms with Crippen molar-refractivity contribution in [2.75, 3.05) is 13.2 Å². The number of carbonyl (C=O) groups excluding carboxylic acids is 2. The average Bonchev–Trinajstić information content (AvgIpc) is 2.94. The summed E-state index contributed by atoms with van der Waals surface area (Å²) >= 11 is 18.5. The van der Waals surface area contributed by atoms with Crippen LogP contribution in [0.25, 0.3) is 0 Å². The fraction of sp³-hybridized carbons (Fsp3) is 0.263. The van der Waals surface area contributed by atoms with E-state index < -0.39 is 5.97 Å². The molecule has 3 rings (SSSR count). The van der Waals surface area contributed by atoms with Gasteiger partial charge in [-0.15, -0.1) is 0 Å². The molecule has 0 bridgehead atoms. The van der Waals surface area contributed by atoms with Crippen LogP contribution in [-0.2, 0) is 16.0 Å². The lowest BCUT2D eigenvalue weighted by Crippen LogP contribution is -2.15. The molecule has 0 aliphatic heterocycles. The monoisotopic (exact) mass is 412 g/mol. The second-order valence-corrected chi connectivity index (χ2v) is 7.00. The quantitative estimate of drug-likeness (QED) is 0.639.